The molecule has 0 fully saturated rings. The zero-order valence-electron chi connectivity index (χ0n) is 15.3. The third-order valence-electron chi connectivity index (χ3n) is 5.18. The van der Waals surface area contributed by atoms with Crippen LogP contribution in [0.2, 0.25) is 0 Å². The van der Waals surface area contributed by atoms with E-state index in [0.717, 1.165) is 17.5 Å². The minimum Gasteiger partial charge on any atom is -0.397 e. The smallest absolute Gasteiger partial charge is 0.328 e. The third-order valence-corrected chi connectivity index (χ3v) is 7.06. The Morgan fingerprint density at radius 1 is 1.26 bits per heavy atom. The molecule has 1 aromatic carbocycles. The zero-order chi connectivity index (χ0) is 19.3. The molecule has 3 heterocycles. The number of aromatic nitrogens is 3. The topological polar surface area (TPSA) is 111 Å². The van der Waals surface area contributed by atoms with E-state index in [0.29, 0.717) is 28.2 Å². The summed E-state index contributed by atoms with van der Waals surface area (Å²) in [5.41, 5.74) is 8.71. The molecule has 27 heavy (non-hydrogen) atoms. The Bertz CT molecular complexity index is 1190. The number of rotatable bonds is 3. The third kappa shape index (κ3) is 2.84. The van der Waals surface area contributed by atoms with Crippen molar-refractivity contribution in [1.82, 2.24) is 14.5 Å². The lowest BCUT2D eigenvalue weighted by Gasteiger charge is -2.25. The number of anilines is 1. The van der Waals surface area contributed by atoms with Crippen molar-refractivity contribution in [2.24, 2.45) is 5.92 Å². The molecule has 3 N–H and O–H groups in total. The lowest BCUT2D eigenvalue weighted by atomic mass is 9.94. The van der Waals surface area contributed by atoms with Crippen molar-refractivity contribution in [2.75, 3.05) is 11.5 Å². The van der Waals surface area contributed by atoms with Crippen molar-refractivity contribution in [3.05, 3.63) is 52.1 Å². The largest absolute Gasteiger partial charge is 0.397 e. The van der Waals surface area contributed by atoms with Gasteiger partial charge in [-0.3, -0.25) is 4.57 Å². The number of hydrogen-bond acceptors (Lipinski definition) is 5. The average Bonchev–Trinajstić information content (AvgIpc) is 2.93. The van der Waals surface area contributed by atoms with Crippen LogP contribution in [-0.4, -0.2) is 28.7 Å². The molecule has 0 saturated carbocycles. The predicted molar refractivity (Wildman–Crippen MR) is 105 cm³/mol. The van der Waals surface area contributed by atoms with Crippen LogP contribution in [0.3, 0.4) is 0 Å². The van der Waals surface area contributed by atoms with Crippen LogP contribution in [0.15, 0.2) is 40.2 Å². The molecule has 1 aliphatic heterocycles. The summed E-state index contributed by atoms with van der Waals surface area (Å²) in [6.45, 7) is 3.99. The normalized spacial score (nSPS) is 17.1. The Morgan fingerprint density at radius 3 is 2.78 bits per heavy atom. The summed E-state index contributed by atoms with van der Waals surface area (Å²) < 4.78 is 26.6. The van der Waals surface area contributed by atoms with Gasteiger partial charge in [0.15, 0.2) is 15.5 Å². The van der Waals surface area contributed by atoms with E-state index in [1.54, 1.807) is 22.9 Å². The van der Waals surface area contributed by atoms with Gasteiger partial charge in [-0.25, -0.2) is 18.2 Å². The summed E-state index contributed by atoms with van der Waals surface area (Å²) in [5, 5.41) is 0. The highest BCUT2D eigenvalue weighted by atomic mass is 32.2. The van der Waals surface area contributed by atoms with Gasteiger partial charge in [-0.2, -0.15) is 0 Å². The van der Waals surface area contributed by atoms with E-state index in [1.807, 2.05) is 26.0 Å². The number of sulfone groups is 1. The molecule has 0 saturated heterocycles. The molecule has 0 bridgehead atoms. The van der Waals surface area contributed by atoms with Gasteiger partial charge in [0.25, 0.3) is 0 Å². The van der Waals surface area contributed by atoms with E-state index in [9.17, 15) is 13.2 Å². The molecule has 0 amide bonds. The second-order valence-corrected chi connectivity index (χ2v) is 9.45. The number of pyridine rings is 1. The van der Waals surface area contributed by atoms with Crippen molar-refractivity contribution in [3.8, 4) is 0 Å². The molecule has 142 valence electrons. The number of hydrogen-bond donors (Lipinski definition) is 2. The van der Waals surface area contributed by atoms with Crippen LogP contribution in [0.25, 0.3) is 11.2 Å². The van der Waals surface area contributed by atoms with Gasteiger partial charge in [0.1, 0.15) is 5.52 Å². The van der Waals surface area contributed by atoms with Gasteiger partial charge >= 0.3 is 5.69 Å². The number of nitrogens with one attached hydrogen (secondary N) is 1. The molecule has 1 aliphatic rings. The number of nitrogen functional groups attached to an aromatic ring is 1. The van der Waals surface area contributed by atoms with E-state index < -0.39 is 9.84 Å². The van der Waals surface area contributed by atoms with Crippen molar-refractivity contribution in [1.29, 1.82) is 0 Å². The summed E-state index contributed by atoms with van der Waals surface area (Å²) in [6, 6.07) is 6.80. The molecule has 0 aliphatic carbocycles. The quantitative estimate of drug-likeness (QED) is 0.717. The monoisotopic (exact) mass is 386 g/mol. The molecule has 0 radical (unpaired) electrons. The van der Waals surface area contributed by atoms with E-state index in [2.05, 4.69) is 9.97 Å². The molecular formula is C19H22N4O3S. The Morgan fingerprint density at radius 2 is 2.04 bits per heavy atom. The van der Waals surface area contributed by atoms with Gasteiger partial charge in [-0.15, -0.1) is 0 Å². The van der Waals surface area contributed by atoms with Crippen LogP contribution in [0.5, 0.6) is 0 Å². The maximum absolute atomic E-state index is 12.7. The molecule has 2 aromatic heterocycles. The van der Waals surface area contributed by atoms with Crippen molar-refractivity contribution < 1.29 is 8.42 Å². The van der Waals surface area contributed by atoms with E-state index in [-0.39, 0.29) is 23.4 Å². The first-order valence-corrected chi connectivity index (χ1v) is 10.6. The molecule has 0 unspecified atom stereocenters. The SMILES string of the molecule is CC(C)[C@@H](c1ccc2c(c1)S(=O)(=O)CCC2)n1c(=O)[nH]c2c(N)ccnc21. The molecule has 0 spiro atoms. The second-order valence-electron chi connectivity index (χ2n) is 7.38. The van der Waals surface area contributed by atoms with Crippen LogP contribution in [0.1, 0.15) is 37.4 Å². The Kier molecular flexibility index (Phi) is 4.10. The number of aryl methyl sites for hydroxylation is 1. The molecule has 1 atom stereocenters. The lowest BCUT2D eigenvalue weighted by molar-refractivity contribution is 0.434. The van der Waals surface area contributed by atoms with Crippen molar-refractivity contribution in [3.63, 3.8) is 0 Å². The summed E-state index contributed by atoms with van der Waals surface area (Å²) in [4.78, 5) is 20.2. The molecule has 3 aromatic rings. The maximum atomic E-state index is 12.7. The highest BCUT2D eigenvalue weighted by molar-refractivity contribution is 7.91. The summed E-state index contributed by atoms with van der Waals surface area (Å²) in [7, 11) is -3.28. The van der Waals surface area contributed by atoms with Crippen LogP contribution in [-0.2, 0) is 16.3 Å². The molecular weight excluding hydrogens is 364 g/mol. The highest BCUT2D eigenvalue weighted by Gasteiger charge is 2.28. The average molecular weight is 386 g/mol. The minimum absolute atomic E-state index is 0.0364. The number of imidazole rings is 1. The number of benzene rings is 1. The molecule has 4 rings (SSSR count). The van der Waals surface area contributed by atoms with Gasteiger partial charge in [0.05, 0.1) is 22.4 Å². The Labute approximate surface area is 157 Å². The highest BCUT2D eigenvalue weighted by Crippen LogP contribution is 2.33. The van der Waals surface area contributed by atoms with Crippen LogP contribution in [0.4, 0.5) is 5.69 Å². The maximum Gasteiger partial charge on any atom is 0.328 e. The second kappa shape index (κ2) is 6.23. The number of fused-ring (bicyclic) bond motifs is 2. The standard InChI is InChI=1S/C19H22N4O3S/c1-11(2)17(23-18-16(22-19(23)24)14(20)7-8-21-18)13-6-5-12-4-3-9-27(25,26)15(12)10-13/h5-8,10-11,17H,3-4,9H2,1-2H3,(H2,20,21)(H,22,24)/t17-/m0/s1. The van der Waals surface area contributed by atoms with Gasteiger partial charge in [-0.05, 0) is 42.0 Å². The Hall–Kier alpha value is -2.61. The fourth-order valence-electron chi connectivity index (χ4n) is 3.94. The van der Waals surface area contributed by atoms with Gasteiger partial charge in [0, 0.05) is 6.20 Å². The predicted octanol–water partition coefficient (Wildman–Crippen LogP) is 2.27. The number of aromatic amines is 1. The van der Waals surface area contributed by atoms with E-state index in [4.69, 9.17) is 5.73 Å². The summed E-state index contributed by atoms with van der Waals surface area (Å²) >= 11 is 0. The van der Waals surface area contributed by atoms with Crippen LogP contribution in [0, 0.1) is 5.92 Å². The first-order chi connectivity index (χ1) is 12.8. The minimum atomic E-state index is -3.28. The number of nitrogens with zero attached hydrogens (tertiary/aromatic N) is 2. The van der Waals surface area contributed by atoms with Crippen LogP contribution >= 0.6 is 0 Å². The first kappa shape index (κ1) is 17.8. The zero-order valence-corrected chi connectivity index (χ0v) is 16.1. The molecule has 7 nitrogen and oxygen atoms in total. The Balaban J connectivity index is 1.95. The van der Waals surface area contributed by atoms with Crippen molar-refractivity contribution in [2.45, 2.75) is 37.6 Å². The van der Waals surface area contributed by atoms with Gasteiger partial charge < -0.3 is 10.7 Å². The molecule has 8 heteroatoms. The van der Waals surface area contributed by atoms with E-state index >= 15 is 0 Å². The number of nitrogens with two attached hydrogens (primary N) is 1. The van der Waals surface area contributed by atoms with Gasteiger partial charge in [0.2, 0.25) is 0 Å². The lowest BCUT2D eigenvalue weighted by Crippen LogP contribution is -2.27. The number of H-pyrrole nitrogens is 1. The first-order valence-electron chi connectivity index (χ1n) is 9.00. The fourth-order valence-corrected chi connectivity index (χ4v) is 5.57. The fraction of sp³-hybridized carbons (Fsp3) is 0.368. The van der Waals surface area contributed by atoms with Crippen molar-refractivity contribution >= 4 is 26.7 Å². The summed E-state index contributed by atoms with van der Waals surface area (Å²) in [5.74, 6) is 0.204. The van der Waals surface area contributed by atoms with Crippen LogP contribution < -0.4 is 11.4 Å². The summed E-state index contributed by atoms with van der Waals surface area (Å²) in [6.07, 6.45) is 2.97. The van der Waals surface area contributed by atoms with E-state index in [1.165, 1.54) is 0 Å². The van der Waals surface area contributed by atoms with Gasteiger partial charge in [-0.1, -0.05) is 26.0 Å².